The van der Waals surface area contributed by atoms with Crippen LogP contribution in [0.1, 0.15) is 0 Å². The summed E-state index contributed by atoms with van der Waals surface area (Å²) in [7, 11) is 2.43. The first kappa shape index (κ1) is 24.1. The molecule has 2 radical (unpaired) electrons. The van der Waals surface area contributed by atoms with Crippen molar-refractivity contribution in [3.63, 3.8) is 0 Å². The minimum absolute atomic E-state index is 0. The van der Waals surface area contributed by atoms with E-state index in [4.69, 9.17) is 0 Å². The normalized spacial score (nSPS) is 1.00. The fourth-order valence-electron chi connectivity index (χ4n) is 0. The zero-order valence-corrected chi connectivity index (χ0v) is 7.37. The van der Waals surface area contributed by atoms with Crippen molar-refractivity contribution >= 4 is 36.9 Å². The van der Waals surface area contributed by atoms with Gasteiger partial charge in [0.2, 0.25) is 0 Å². The van der Waals surface area contributed by atoms with E-state index in [2.05, 4.69) is 7.33 Å². The Balaban J connectivity index is -0.00000000167. The van der Waals surface area contributed by atoms with Crippen LogP contribution in [-0.2, 0) is 54.6 Å². The molecule has 1 unspecified atom stereocenters. The van der Waals surface area contributed by atoms with Crippen LogP contribution in [0.5, 0.6) is 0 Å². The van der Waals surface area contributed by atoms with E-state index in [9.17, 15) is 0 Å². The molecule has 0 aromatic rings. The number of hydrogen-bond acceptors (Lipinski definition) is 0. The van der Waals surface area contributed by atoms with Crippen LogP contribution >= 0.6 is 7.33 Å². The van der Waals surface area contributed by atoms with Gasteiger partial charge in [0.25, 0.3) is 0 Å². The molecular weight excluding hydrogens is 260 g/mol. The summed E-state index contributed by atoms with van der Waals surface area (Å²) in [5.74, 6) is 0. The maximum atomic E-state index is 2.43. The minimum atomic E-state index is 0. The summed E-state index contributed by atoms with van der Waals surface area (Å²) < 4.78 is 0. The third-order valence-corrected chi connectivity index (χ3v) is 0. The van der Waals surface area contributed by atoms with Gasteiger partial charge in [-0.05, 0) is 0 Å². The van der Waals surface area contributed by atoms with Gasteiger partial charge in [-0.3, -0.25) is 0 Å². The molecule has 0 aliphatic carbocycles. The minimum Gasteiger partial charge on any atom is 0 e. The predicted octanol–water partition coefficient (Wildman–Crippen LogP) is -0.330. The topological polar surface area (TPSA) is 0 Å². The van der Waals surface area contributed by atoms with Crippen LogP contribution in [0.4, 0.5) is 0 Å². The van der Waals surface area contributed by atoms with Gasteiger partial charge in [0.05, 0.1) is 0 Å². The van der Waals surface area contributed by atoms with Gasteiger partial charge in [-0.2, -0.15) is 0 Å². The Morgan fingerprint density at radius 2 is 1.20 bits per heavy atom. The Bertz CT molecular complexity index is 11.6. The Hall–Kier alpha value is 3.21. The van der Waals surface area contributed by atoms with Gasteiger partial charge in [-0.1, -0.05) is 0 Å². The Kier molecular flexibility index (Phi) is 130. The zero-order valence-electron chi connectivity index (χ0n) is 1.77. The molecule has 29 valence electrons. The average molecular weight is 263 g/mol. The maximum Gasteiger partial charge on any atom is 0 e. The van der Waals surface area contributed by atoms with E-state index in [0.717, 1.165) is 0 Å². The predicted molar refractivity (Wildman–Crippen MR) is 16.9 cm³/mol. The van der Waals surface area contributed by atoms with Crippen LogP contribution < -0.4 is 0 Å². The molecule has 0 aliphatic rings. The largest absolute Gasteiger partial charge is 0 e. The van der Waals surface area contributed by atoms with Crippen LogP contribution in [0.15, 0.2) is 0 Å². The first-order chi connectivity index (χ1) is 1.00. The van der Waals surface area contributed by atoms with Gasteiger partial charge >= 0.3 is 56.2 Å². The van der Waals surface area contributed by atoms with Crippen LogP contribution in [-0.4, -0.2) is 29.6 Å². The van der Waals surface area contributed by atoms with Crippen LogP contribution in [0.2, 0.25) is 0 Å². The molecule has 0 spiro atoms. The van der Waals surface area contributed by atoms with E-state index in [1.54, 1.807) is 0 Å². The summed E-state index contributed by atoms with van der Waals surface area (Å²) in [5, 5.41) is 0. The van der Waals surface area contributed by atoms with Gasteiger partial charge < -0.3 is 0 Å². The second-order valence-corrected chi connectivity index (χ2v) is 0. The molecule has 0 aromatic carbocycles. The first-order valence-corrected chi connectivity index (χ1v) is 4.18. The summed E-state index contributed by atoms with van der Waals surface area (Å²) in [6.45, 7) is 0. The van der Waals surface area contributed by atoms with Crippen LogP contribution in [0, 0.1) is 0 Å². The third-order valence-electron chi connectivity index (χ3n) is 0. The van der Waals surface area contributed by atoms with Crippen molar-refractivity contribution in [3.8, 4) is 0 Å². The molecule has 0 saturated heterocycles. The van der Waals surface area contributed by atoms with E-state index in [1.165, 1.54) is 0 Å². The van der Waals surface area contributed by atoms with Gasteiger partial charge in [0.1, 0.15) is 0 Å². The summed E-state index contributed by atoms with van der Waals surface area (Å²) >= 11 is 1.87. The average Bonchev–Trinajstić information content (AvgIpc) is 1.00. The molecule has 0 rings (SSSR count). The number of hydrogen-bond donors (Lipinski definition) is 0. The fraction of sp³-hybridized carbons (Fsp3) is 0. The molecular formula is H3CoMoNaPV. The van der Waals surface area contributed by atoms with E-state index in [-0.39, 0.29) is 64.9 Å². The van der Waals surface area contributed by atoms with Gasteiger partial charge in [0.15, 0.2) is 0 Å². The van der Waals surface area contributed by atoms with E-state index < -0.39 is 0 Å². The van der Waals surface area contributed by atoms with E-state index >= 15 is 0 Å². The molecule has 5 heavy (non-hydrogen) atoms. The third kappa shape index (κ3) is 19.0. The molecule has 0 heterocycles. The first-order valence-electron chi connectivity index (χ1n) is 0.236. The van der Waals surface area contributed by atoms with Gasteiger partial charge in [0, 0.05) is 35.3 Å². The molecule has 0 N–H and O–H groups in total. The molecule has 0 aliphatic heterocycles. The van der Waals surface area contributed by atoms with Crippen molar-refractivity contribution in [2.24, 2.45) is 0 Å². The van der Waals surface area contributed by atoms with Crippen molar-refractivity contribution in [3.05, 3.63) is 0 Å². The smallest absolute Gasteiger partial charge is 0 e. The van der Waals surface area contributed by atoms with Gasteiger partial charge in [-0.25, -0.2) is 0 Å². The SMILES string of the molecule is [Co].[NaH].[PH2][Mo].[V]. The molecule has 0 saturated carbocycles. The van der Waals surface area contributed by atoms with Crippen molar-refractivity contribution in [2.75, 3.05) is 0 Å². The maximum absolute atomic E-state index is 2.43. The Morgan fingerprint density at radius 3 is 1.20 bits per heavy atom. The van der Waals surface area contributed by atoms with Crippen molar-refractivity contribution in [2.45, 2.75) is 0 Å². The quantitative estimate of drug-likeness (QED) is 0.414. The van der Waals surface area contributed by atoms with Crippen molar-refractivity contribution < 1.29 is 54.6 Å². The van der Waals surface area contributed by atoms with Gasteiger partial charge in [-0.15, -0.1) is 0 Å². The second kappa shape index (κ2) is 27.0. The van der Waals surface area contributed by atoms with Crippen LogP contribution in [0.3, 0.4) is 0 Å². The standard InChI is InChI=1S/Co.Mo.Na.H2P.V.H/h;;;1H2;;/q;+1;;-1;;. The molecule has 0 bridgehead atoms. The van der Waals surface area contributed by atoms with E-state index in [0.29, 0.717) is 0 Å². The second-order valence-electron chi connectivity index (χ2n) is 0. The molecule has 0 fully saturated rings. The molecule has 5 heteroatoms. The molecule has 0 amide bonds. The van der Waals surface area contributed by atoms with Crippen molar-refractivity contribution in [1.29, 1.82) is 0 Å². The molecule has 0 nitrogen and oxygen atoms in total. The summed E-state index contributed by atoms with van der Waals surface area (Å²) in [4.78, 5) is 0. The number of rotatable bonds is 0. The Morgan fingerprint density at radius 1 is 1.20 bits per heavy atom. The summed E-state index contributed by atoms with van der Waals surface area (Å²) in [6.07, 6.45) is 0. The summed E-state index contributed by atoms with van der Waals surface area (Å²) in [6, 6.07) is 0. The fourth-order valence-corrected chi connectivity index (χ4v) is 0. The van der Waals surface area contributed by atoms with Crippen molar-refractivity contribution in [1.82, 2.24) is 0 Å². The van der Waals surface area contributed by atoms with E-state index in [1.807, 2.05) is 19.3 Å². The summed E-state index contributed by atoms with van der Waals surface area (Å²) in [5.41, 5.74) is 0. The molecule has 0 aromatic heterocycles. The Labute approximate surface area is 89.9 Å². The molecule has 1 atom stereocenters. The zero-order chi connectivity index (χ0) is 2.00. The monoisotopic (exact) mass is 265 g/mol. The van der Waals surface area contributed by atoms with Crippen LogP contribution in [0.25, 0.3) is 0 Å².